The molecular weight excluding hydrogens is 260 g/mol. The second-order valence-corrected chi connectivity index (χ2v) is 5.13. The molecule has 106 valence electrons. The Morgan fingerprint density at radius 2 is 1.90 bits per heavy atom. The molecular formula is C15H17F2N3. The van der Waals surface area contributed by atoms with Crippen molar-refractivity contribution in [2.24, 2.45) is 5.92 Å². The molecule has 0 radical (unpaired) electrons. The van der Waals surface area contributed by atoms with Gasteiger partial charge in [-0.1, -0.05) is 32.0 Å². The third-order valence-electron chi connectivity index (χ3n) is 2.81. The molecule has 1 heterocycles. The minimum Gasteiger partial charge on any atom is -0.384 e. The summed E-state index contributed by atoms with van der Waals surface area (Å²) < 4.78 is 25.5. The van der Waals surface area contributed by atoms with E-state index in [2.05, 4.69) is 23.8 Å². The van der Waals surface area contributed by atoms with Crippen LogP contribution >= 0.6 is 0 Å². The van der Waals surface area contributed by atoms with Crippen LogP contribution in [0.2, 0.25) is 0 Å². The number of rotatable bonds is 4. The second-order valence-electron chi connectivity index (χ2n) is 5.13. The first-order valence-corrected chi connectivity index (χ1v) is 6.47. The molecule has 2 N–H and O–H groups in total. The Kier molecular flexibility index (Phi) is 4.27. The van der Waals surface area contributed by atoms with Gasteiger partial charge < -0.3 is 5.73 Å². The van der Waals surface area contributed by atoms with Gasteiger partial charge in [-0.15, -0.1) is 0 Å². The zero-order valence-electron chi connectivity index (χ0n) is 11.5. The third kappa shape index (κ3) is 3.50. The molecule has 2 rings (SSSR count). The summed E-state index contributed by atoms with van der Waals surface area (Å²) >= 11 is 0. The Balaban J connectivity index is 2.41. The van der Waals surface area contributed by atoms with Gasteiger partial charge in [0.1, 0.15) is 5.82 Å². The number of anilines is 1. The molecule has 0 saturated heterocycles. The highest BCUT2D eigenvalue weighted by molar-refractivity contribution is 5.58. The van der Waals surface area contributed by atoms with Crippen molar-refractivity contribution in [3.05, 3.63) is 41.6 Å². The Bertz CT molecular complexity index is 597. The minimum atomic E-state index is -2.51. The van der Waals surface area contributed by atoms with Crippen molar-refractivity contribution in [1.29, 1.82) is 0 Å². The Morgan fingerprint density at radius 3 is 2.55 bits per heavy atom. The maximum absolute atomic E-state index is 12.7. The van der Waals surface area contributed by atoms with Crippen LogP contribution in [0.15, 0.2) is 30.3 Å². The van der Waals surface area contributed by atoms with Gasteiger partial charge in [0.25, 0.3) is 6.43 Å². The third-order valence-corrected chi connectivity index (χ3v) is 2.81. The fourth-order valence-electron chi connectivity index (χ4n) is 1.98. The van der Waals surface area contributed by atoms with Crippen LogP contribution in [0.5, 0.6) is 0 Å². The summed E-state index contributed by atoms with van der Waals surface area (Å²) in [4.78, 5) is 8.54. The molecule has 0 bridgehead atoms. The van der Waals surface area contributed by atoms with E-state index in [-0.39, 0.29) is 5.56 Å². The van der Waals surface area contributed by atoms with Crippen LogP contribution in [0.3, 0.4) is 0 Å². The van der Waals surface area contributed by atoms with Gasteiger partial charge in [0.15, 0.2) is 5.82 Å². The van der Waals surface area contributed by atoms with Crippen LogP contribution in [-0.4, -0.2) is 9.97 Å². The van der Waals surface area contributed by atoms with E-state index in [0.29, 0.717) is 23.1 Å². The number of alkyl halides is 2. The molecule has 5 heteroatoms. The molecule has 0 fully saturated rings. The van der Waals surface area contributed by atoms with E-state index in [1.165, 1.54) is 12.1 Å². The Hall–Kier alpha value is -2.04. The number of hydrogen-bond acceptors (Lipinski definition) is 3. The van der Waals surface area contributed by atoms with Crippen molar-refractivity contribution in [2.45, 2.75) is 26.7 Å². The highest BCUT2D eigenvalue weighted by Gasteiger charge is 2.11. The van der Waals surface area contributed by atoms with Gasteiger partial charge in [-0.25, -0.2) is 18.7 Å². The molecule has 1 aromatic heterocycles. The van der Waals surface area contributed by atoms with E-state index in [0.717, 1.165) is 12.1 Å². The van der Waals surface area contributed by atoms with E-state index in [9.17, 15) is 8.78 Å². The Labute approximate surface area is 116 Å². The molecule has 2 aromatic rings. The van der Waals surface area contributed by atoms with Crippen LogP contribution in [0, 0.1) is 5.92 Å². The van der Waals surface area contributed by atoms with E-state index in [4.69, 9.17) is 5.73 Å². The number of nitrogens with two attached hydrogens (primary N) is 1. The van der Waals surface area contributed by atoms with Gasteiger partial charge in [0.2, 0.25) is 0 Å². The normalized spacial score (nSPS) is 11.3. The predicted molar refractivity (Wildman–Crippen MR) is 75.4 cm³/mol. The summed E-state index contributed by atoms with van der Waals surface area (Å²) in [5.41, 5.74) is 7.11. The molecule has 0 aliphatic carbocycles. The zero-order chi connectivity index (χ0) is 14.7. The van der Waals surface area contributed by atoms with E-state index < -0.39 is 6.43 Å². The topological polar surface area (TPSA) is 51.8 Å². The zero-order valence-corrected chi connectivity index (χ0v) is 11.5. The van der Waals surface area contributed by atoms with Crippen LogP contribution in [0.4, 0.5) is 14.6 Å². The number of hydrogen-bond donors (Lipinski definition) is 1. The average molecular weight is 277 g/mol. The summed E-state index contributed by atoms with van der Waals surface area (Å²) in [7, 11) is 0. The molecule has 0 unspecified atom stereocenters. The summed E-state index contributed by atoms with van der Waals surface area (Å²) in [6, 6.07) is 7.79. The fourth-order valence-corrected chi connectivity index (χ4v) is 1.98. The smallest absolute Gasteiger partial charge is 0.263 e. The average Bonchev–Trinajstić information content (AvgIpc) is 2.37. The van der Waals surface area contributed by atoms with Crippen LogP contribution in [0.25, 0.3) is 11.4 Å². The first kappa shape index (κ1) is 14.4. The number of aromatic nitrogens is 2. The molecule has 3 nitrogen and oxygen atoms in total. The summed E-state index contributed by atoms with van der Waals surface area (Å²) in [5, 5.41) is 0. The lowest BCUT2D eigenvalue weighted by Crippen LogP contribution is -2.03. The monoisotopic (exact) mass is 277 g/mol. The molecule has 1 aromatic carbocycles. The molecule has 0 atom stereocenters. The van der Waals surface area contributed by atoms with E-state index in [1.54, 1.807) is 18.2 Å². The van der Waals surface area contributed by atoms with Gasteiger partial charge >= 0.3 is 0 Å². The predicted octanol–water partition coefficient (Wildman–Crippen LogP) is 3.86. The Morgan fingerprint density at radius 1 is 1.15 bits per heavy atom. The highest BCUT2D eigenvalue weighted by Crippen LogP contribution is 2.24. The maximum Gasteiger partial charge on any atom is 0.263 e. The van der Waals surface area contributed by atoms with Gasteiger partial charge in [-0.2, -0.15) is 0 Å². The summed E-state index contributed by atoms with van der Waals surface area (Å²) in [6.07, 6.45) is -1.74. The van der Waals surface area contributed by atoms with Gasteiger partial charge in [0.05, 0.1) is 0 Å². The van der Waals surface area contributed by atoms with Crippen LogP contribution in [0.1, 0.15) is 31.5 Å². The van der Waals surface area contributed by atoms with E-state index >= 15 is 0 Å². The lowest BCUT2D eigenvalue weighted by molar-refractivity contribution is 0.151. The molecule has 0 spiro atoms. The lowest BCUT2D eigenvalue weighted by atomic mass is 10.1. The van der Waals surface area contributed by atoms with Crippen molar-refractivity contribution in [2.75, 3.05) is 5.73 Å². The summed E-state index contributed by atoms with van der Waals surface area (Å²) in [6.45, 7) is 4.16. The molecule has 20 heavy (non-hydrogen) atoms. The van der Waals surface area contributed by atoms with Crippen LogP contribution in [-0.2, 0) is 6.42 Å². The SMILES string of the molecule is CC(C)Cc1cc(N)nc(-c2cccc(C(F)F)c2)n1. The fraction of sp³-hybridized carbons (Fsp3) is 0.333. The quantitative estimate of drug-likeness (QED) is 0.923. The van der Waals surface area contributed by atoms with Gasteiger partial charge in [-0.05, 0) is 18.4 Å². The highest BCUT2D eigenvalue weighted by atomic mass is 19.3. The molecule has 0 aliphatic heterocycles. The number of nitrogen functional groups attached to an aromatic ring is 1. The molecule has 0 aliphatic rings. The van der Waals surface area contributed by atoms with Crippen molar-refractivity contribution in [3.8, 4) is 11.4 Å². The first-order chi connectivity index (χ1) is 9.45. The number of halogens is 2. The lowest BCUT2D eigenvalue weighted by Gasteiger charge is -2.09. The minimum absolute atomic E-state index is 0.0427. The van der Waals surface area contributed by atoms with Gasteiger partial charge in [0, 0.05) is 22.9 Å². The number of nitrogens with zero attached hydrogens (tertiary/aromatic N) is 2. The maximum atomic E-state index is 12.7. The summed E-state index contributed by atoms with van der Waals surface area (Å²) in [5.74, 6) is 1.18. The van der Waals surface area contributed by atoms with Crippen molar-refractivity contribution in [3.63, 3.8) is 0 Å². The first-order valence-electron chi connectivity index (χ1n) is 6.47. The second kappa shape index (κ2) is 5.94. The van der Waals surface area contributed by atoms with Crippen LogP contribution < -0.4 is 5.73 Å². The molecule has 0 amide bonds. The van der Waals surface area contributed by atoms with Crippen molar-refractivity contribution < 1.29 is 8.78 Å². The molecule has 0 saturated carbocycles. The largest absolute Gasteiger partial charge is 0.384 e. The van der Waals surface area contributed by atoms with Gasteiger partial charge in [-0.3, -0.25) is 0 Å². The van der Waals surface area contributed by atoms with Crippen molar-refractivity contribution in [1.82, 2.24) is 9.97 Å². The van der Waals surface area contributed by atoms with Crippen molar-refractivity contribution >= 4 is 5.82 Å². The standard InChI is InChI=1S/C15H17F2N3/c1-9(2)6-12-8-13(18)20-15(19-12)11-5-3-4-10(7-11)14(16)17/h3-5,7-9,14H,6H2,1-2H3,(H2,18,19,20). The number of benzene rings is 1. The van der Waals surface area contributed by atoms with E-state index in [1.807, 2.05) is 0 Å².